The van der Waals surface area contributed by atoms with Crippen molar-refractivity contribution in [2.24, 2.45) is 11.1 Å². The number of H-pyrrole nitrogens is 1. The van der Waals surface area contributed by atoms with E-state index in [9.17, 15) is 0 Å². The van der Waals surface area contributed by atoms with Crippen molar-refractivity contribution >= 4 is 22.7 Å². The number of nitrogens with one attached hydrogen (secondary N) is 1. The van der Waals surface area contributed by atoms with Gasteiger partial charge in [-0.2, -0.15) is 5.10 Å². The van der Waals surface area contributed by atoms with E-state index in [-0.39, 0.29) is 11.5 Å². The number of aryl methyl sites for hydroxylation is 1. The summed E-state index contributed by atoms with van der Waals surface area (Å²) in [6.45, 7) is 0.912. The van der Waals surface area contributed by atoms with Crippen LogP contribution in [0, 0.1) is 5.41 Å². The van der Waals surface area contributed by atoms with Crippen molar-refractivity contribution in [2.45, 2.75) is 56.9 Å². The van der Waals surface area contributed by atoms with Crippen LogP contribution in [-0.4, -0.2) is 31.7 Å². The summed E-state index contributed by atoms with van der Waals surface area (Å²) in [7, 11) is 0. The molecular formula is C27H29N7. The van der Waals surface area contributed by atoms with Gasteiger partial charge in [-0.3, -0.25) is 10.1 Å². The Morgan fingerprint density at radius 2 is 1.94 bits per heavy atom. The van der Waals surface area contributed by atoms with Gasteiger partial charge in [0.05, 0.1) is 17.1 Å². The Kier molecular flexibility index (Phi) is 4.49. The Labute approximate surface area is 198 Å². The van der Waals surface area contributed by atoms with Crippen molar-refractivity contribution in [3.8, 4) is 0 Å². The average Bonchev–Trinajstić information content (AvgIpc) is 3.43. The number of anilines is 2. The van der Waals surface area contributed by atoms with Crippen LogP contribution in [0.25, 0.3) is 11.2 Å². The summed E-state index contributed by atoms with van der Waals surface area (Å²) in [6, 6.07) is 13.0. The Hall–Kier alpha value is -3.32. The molecule has 1 spiro atoms. The fourth-order valence-electron chi connectivity index (χ4n) is 6.59. The number of nitrogens with two attached hydrogens (primary N) is 1. The van der Waals surface area contributed by atoms with Gasteiger partial charge in [-0.1, -0.05) is 24.3 Å². The molecule has 7 nitrogen and oxygen atoms in total. The summed E-state index contributed by atoms with van der Waals surface area (Å²) in [5.74, 6) is 1.27. The zero-order valence-corrected chi connectivity index (χ0v) is 19.2. The molecule has 1 aliphatic heterocycles. The molecule has 4 heterocycles. The Bertz CT molecular complexity index is 1370. The van der Waals surface area contributed by atoms with Crippen LogP contribution in [-0.2, 0) is 12.8 Å². The zero-order chi connectivity index (χ0) is 22.7. The third kappa shape index (κ3) is 2.99. The number of fused-ring (bicyclic) bond motifs is 3. The minimum absolute atomic E-state index is 0.148. The van der Waals surface area contributed by atoms with Crippen LogP contribution in [0.5, 0.6) is 0 Å². The van der Waals surface area contributed by atoms with E-state index in [1.807, 2.05) is 18.5 Å². The maximum Gasteiger partial charge on any atom is 0.183 e. The fourth-order valence-corrected chi connectivity index (χ4v) is 6.59. The summed E-state index contributed by atoms with van der Waals surface area (Å²) < 4.78 is 0. The molecule has 34 heavy (non-hydrogen) atoms. The predicted molar refractivity (Wildman–Crippen MR) is 132 cm³/mol. The molecule has 7 heteroatoms. The largest absolute Gasteiger partial charge is 0.323 e. The first kappa shape index (κ1) is 20.1. The zero-order valence-electron chi connectivity index (χ0n) is 19.2. The highest BCUT2D eigenvalue weighted by Crippen LogP contribution is 2.55. The number of hydrogen-bond acceptors (Lipinski definition) is 6. The van der Waals surface area contributed by atoms with E-state index < -0.39 is 0 Å². The quantitative estimate of drug-likeness (QED) is 0.457. The van der Waals surface area contributed by atoms with Crippen molar-refractivity contribution in [3.05, 3.63) is 71.3 Å². The summed E-state index contributed by atoms with van der Waals surface area (Å²) in [5, 5.41) is 7.78. The van der Waals surface area contributed by atoms with Gasteiger partial charge in [0.1, 0.15) is 0 Å². The van der Waals surface area contributed by atoms with E-state index in [0.717, 1.165) is 85.5 Å². The van der Waals surface area contributed by atoms with Gasteiger partial charge >= 0.3 is 0 Å². The smallest absolute Gasteiger partial charge is 0.183 e. The normalized spacial score (nSPS) is 26.1. The minimum atomic E-state index is 0.148. The van der Waals surface area contributed by atoms with Gasteiger partial charge < -0.3 is 10.6 Å². The van der Waals surface area contributed by atoms with E-state index in [2.05, 4.69) is 50.4 Å². The van der Waals surface area contributed by atoms with Gasteiger partial charge in [-0.25, -0.2) is 9.97 Å². The van der Waals surface area contributed by atoms with Crippen LogP contribution in [0.4, 0.5) is 11.5 Å². The monoisotopic (exact) mass is 451 g/mol. The number of rotatable bonds is 2. The van der Waals surface area contributed by atoms with Gasteiger partial charge in [0.2, 0.25) is 0 Å². The summed E-state index contributed by atoms with van der Waals surface area (Å²) in [4.78, 5) is 16.6. The number of pyridine rings is 1. The van der Waals surface area contributed by atoms with Crippen LogP contribution < -0.4 is 10.6 Å². The molecule has 7 rings (SSSR count). The van der Waals surface area contributed by atoms with Gasteiger partial charge in [0, 0.05) is 30.9 Å². The Balaban J connectivity index is 1.13. The summed E-state index contributed by atoms with van der Waals surface area (Å²) in [6.07, 6.45) is 11.5. The number of nitrogens with zero attached hydrogens (tertiary/aromatic N) is 5. The highest BCUT2D eigenvalue weighted by atomic mass is 15.3. The second-order valence-corrected chi connectivity index (χ2v) is 10.3. The minimum Gasteiger partial charge on any atom is -0.323 e. The maximum absolute atomic E-state index is 6.77. The maximum atomic E-state index is 6.77. The van der Waals surface area contributed by atoms with Crippen LogP contribution in [0.2, 0.25) is 0 Å². The predicted octanol–water partition coefficient (Wildman–Crippen LogP) is 4.73. The molecule has 4 aromatic rings. The molecular weight excluding hydrogens is 422 g/mol. The molecule has 1 atom stereocenters. The number of aromatic nitrogens is 5. The van der Waals surface area contributed by atoms with E-state index in [1.165, 1.54) is 11.1 Å². The third-order valence-electron chi connectivity index (χ3n) is 8.47. The van der Waals surface area contributed by atoms with Gasteiger partial charge in [-0.05, 0) is 73.6 Å². The first-order valence-electron chi connectivity index (χ1n) is 12.5. The van der Waals surface area contributed by atoms with Gasteiger partial charge in [0.15, 0.2) is 17.0 Å². The first-order valence-corrected chi connectivity index (χ1v) is 12.5. The highest BCUT2D eigenvalue weighted by molar-refractivity contribution is 5.86. The van der Waals surface area contributed by atoms with Crippen molar-refractivity contribution < 1.29 is 0 Å². The molecule has 1 aromatic carbocycles. The Morgan fingerprint density at radius 3 is 2.82 bits per heavy atom. The lowest BCUT2D eigenvalue weighted by atomic mass is 9.66. The van der Waals surface area contributed by atoms with Crippen molar-refractivity contribution in [1.29, 1.82) is 0 Å². The second-order valence-electron chi connectivity index (χ2n) is 10.3. The van der Waals surface area contributed by atoms with E-state index in [4.69, 9.17) is 15.7 Å². The van der Waals surface area contributed by atoms with E-state index >= 15 is 0 Å². The number of benzene rings is 1. The molecule has 0 radical (unpaired) electrons. The molecule has 2 aliphatic carbocycles. The van der Waals surface area contributed by atoms with Gasteiger partial charge in [0.25, 0.3) is 0 Å². The first-order chi connectivity index (χ1) is 16.7. The van der Waals surface area contributed by atoms with E-state index in [0.29, 0.717) is 5.92 Å². The van der Waals surface area contributed by atoms with Crippen LogP contribution in [0.1, 0.15) is 66.6 Å². The molecule has 172 valence electrons. The lowest BCUT2D eigenvalue weighted by Gasteiger charge is -2.40. The molecule has 0 unspecified atom stereocenters. The molecule has 0 bridgehead atoms. The van der Waals surface area contributed by atoms with Crippen LogP contribution in [0.3, 0.4) is 0 Å². The Morgan fingerprint density at radius 1 is 1.06 bits per heavy atom. The molecule has 3 aliphatic rings. The van der Waals surface area contributed by atoms with Crippen molar-refractivity contribution in [3.63, 3.8) is 0 Å². The van der Waals surface area contributed by atoms with Crippen LogP contribution >= 0.6 is 0 Å². The molecule has 0 amide bonds. The molecule has 1 fully saturated rings. The summed E-state index contributed by atoms with van der Waals surface area (Å²) >= 11 is 0. The topological polar surface area (TPSA) is 96.6 Å². The second kappa shape index (κ2) is 7.60. The lowest BCUT2D eigenvalue weighted by molar-refractivity contribution is 0.148. The van der Waals surface area contributed by atoms with Gasteiger partial charge in [-0.15, -0.1) is 0 Å². The molecule has 3 N–H and O–H groups in total. The molecule has 1 saturated carbocycles. The third-order valence-corrected chi connectivity index (χ3v) is 8.47. The lowest BCUT2D eigenvalue weighted by Crippen LogP contribution is -2.35. The standard InChI is InChI=1S/C27H29N7/c28-24-19-6-2-1-5-18(19)15-27(24)11-9-17(10-12-27)21-16-30-23-25(31-21)32-33-26(23)34-14-4-7-20-22(34)8-3-13-29-20/h1-3,5-6,8,13,16-17,24H,4,7,9-12,14-15,28H2,(H,31,32,33)/t17-,24-,27+/m1/s1. The molecule has 0 saturated heterocycles. The fraction of sp³-hybridized carbons (Fsp3) is 0.407. The number of aromatic amines is 1. The summed E-state index contributed by atoms with van der Waals surface area (Å²) in [5.41, 5.74) is 14.7. The van der Waals surface area contributed by atoms with Crippen LogP contribution in [0.15, 0.2) is 48.8 Å². The molecule has 3 aromatic heterocycles. The average molecular weight is 452 g/mol. The number of hydrogen-bond donors (Lipinski definition) is 2. The highest BCUT2D eigenvalue weighted by Gasteiger charge is 2.46. The SMILES string of the molecule is N[C@@H]1c2ccccc2C[C@]12CC[C@H](c1cnc3c(N4CCCc5ncccc54)n[nH]c3n1)CC2. The van der Waals surface area contributed by atoms with E-state index in [1.54, 1.807) is 0 Å². The van der Waals surface area contributed by atoms with Crippen molar-refractivity contribution in [2.75, 3.05) is 11.4 Å². The van der Waals surface area contributed by atoms with Crippen molar-refractivity contribution in [1.82, 2.24) is 25.1 Å².